The van der Waals surface area contributed by atoms with Crippen LogP contribution in [0.2, 0.25) is 0 Å². The maximum absolute atomic E-state index is 11.9. The highest BCUT2D eigenvalue weighted by Crippen LogP contribution is 2.22. The number of hydrogen-bond donors (Lipinski definition) is 5. The van der Waals surface area contributed by atoms with Crippen LogP contribution in [-0.2, 0) is 19.0 Å². The van der Waals surface area contributed by atoms with E-state index in [1.807, 2.05) is 0 Å². The maximum Gasteiger partial charge on any atom is 0.305 e. The van der Waals surface area contributed by atoms with Gasteiger partial charge < -0.3 is 39.7 Å². The van der Waals surface area contributed by atoms with Gasteiger partial charge in [-0.15, -0.1) is 0 Å². The molecule has 210 valence electrons. The predicted molar refractivity (Wildman–Crippen MR) is 136 cm³/mol. The van der Waals surface area contributed by atoms with Gasteiger partial charge in [-0.1, -0.05) is 63.3 Å². The Kier molecular flexibility index (Phi) is 18.8. The van der Waals surface area contributed by atoms with Crippen molar-refractivity contribution in [3.63, 3.8) is 0 Å². The lowest BCUT2D eigenvalue weighted by molar-refractivity contribution is -0.305. The fourth-order valence-corrected chi connectivity index (χ4v) is 3.80. The van der Waals surface area contributed by atoms with Crippen LogP contribution < -0.4 is 0 Å². The van der Waals surface area contributed by atoms with Gasteiger partial charge in [0.1, 0.15) is 37.1 Å². The minimum atomic E-state index is -1.56. The van der Waals surface area contributed by atoms with E-state index in [9.17, 15) is 25.2 Å². The average molecular weight is 517 g/mol. The van der Waals surface area contributed by atoms with Gasteiger partial charge in [0.15, 0.2) is 6.29 Å². The van der Waals surface area contributed by atoms with Gasteiger partial charge in [0.2, 0.25) is 0 Å². The van der Waals surface area contributed by atoms with Gasteiger partial charge in [-0.25, -0.2) is 0 Å². The fraction of sp³-hybridized carbons (Fsp3) is 0.815. The lowest BCUT2D eigenvalue weighted by atomic mass is 9.99. The molecule has 0 saturated carbocycles. The summed E-state index contributed by atoms with van der Waals surface area (Å²) in [6.07, 6.45) is 13.2. The molecule has 0 aliphatic carbocycles. The Balaban J connectivity index is 2.00. The van der Waals surface area contributed by atoms with E-state index in [1.165, 1.54) is 25.7 Å². The highest BCUT2D eigenvalue weighted by molar-refractivity contribution is 5.69. The van der Waals surface area contributed by atoms with Crippen LogP contribution >= 0.6 is 0 Å². The van der Waals surface area contributed by atoms with E-state index in [2.05, 4.69) is 31.2 Å². The molecular weight excluding hydrogens is 468 g/mol. The van der Waals surface area contributed by atoms with E-state index in [0.29, 0.717) is 0 Å². The van der Waals surface area contributed by atoms with Crippen molar-refractivity contribution in [1.82, 2.24) is 0 Å². The second-order valence-electron chi connectivity index (χ2n) is 9.35. The van der Waals surface area contributed by atoms with Crippen LogP contribution in [0.4, 0.5) is 0 Å². The fourth-order valence-electron chi connectivity index (χ4n) is 3.80. The molecule has 1 heterocycles. The largest absolute Gasteiger partial charge is 0.463 e. The molecule has 0 bridgehead atoms. The van der Waals surface area contributed by atoms with Crippen molar-refractivity contribution >= 4 is 5.97 Å². The maximum atomic E-state index is 11.9. The molecule has 36 heavy (non-hydrogen) atoms. The summed E-state index contributed by atoms with van der Waals surface area (Å²) in [7, 11) is 0. The Bertz CT molecular complexity index is 608. The molecule has 0 aromatic carbocycles. The van der Waals surface area contributed by atoms with Crippen molar-refractivity contribution in [2.24, 2.45) is 0 Å². The van der Waals surface area contributed by atoms with Crippen LogP contribution in [0.1, 0.15) is 84.0 Å². The summed E-state index contributed by atoms with van der Waals surface area (Å²) < 4.78 is 15.5. The lowest BCUT2D eigenvalue weighted by Crippen LogP contribution is -2.59. The SMILES string of the molecule is CCCCCC=CCC=CCCCCCCCC(=O)OCC(O)CO[C@@H]1O[C@H](CO)[C@H](O)[C@H](O)[C@H]1O. The van der Waals surface area contributed by atoms with Gasteiger partial charge in [0, 0.05) is 6.42 Å². The molecule has 6 atom stereocenters. The molecule has 0 amide bonds. The second kappa shape index (κ2) is 20.7. The quantitative estimate of drug-likeness (QED) is 0.0936. The number of allylic oxidation sites excluding steroid dienone is 4. The zero-order valence-electron chi connectivity index (χ0n) is 21.7. The smallest absolute Gasteiger partial charge is 0.305 e. The highest BCUT2D eigenvalue weighted by Gasteiger charge is 2.44. The monoisotopic (exact) mass is 516 g/mol. The van der Waals surface area contributed by atoms with Crippen molar-refractivity contribution in [1.29, 1.82) is 0 Å². The van der Waals surface area contributed by atoms with Crippen molar-refractivity contribution < 1.29 is 44.5 Å². The summed E-state index contributed by atoms with van der Waals surface area (Å²) in [5, 5.41) is 48.5. The molecule has 9 heteroatoms. The number of rotatable bonds is 20. The van der Waals surface area contributed by atoms with Gasteiger partial charge in [0.05, 0.1) is 13.2 Å². The van der Waals surface area contributed by atoms with Crippen LogP contribution in [-0.4, -0.2) is 88.1 Å². The Morgan fingerprint density at radius 2 is 1.50 bits per heavy atom. The molecule has 1 aliphatic heterocycles. The summed E-state index contributed by atoms with van der Waals surface area (Å²) in [6.45, 7) is 1.06. The number of aliphatic hydroxyl groups excluding tert-OH is 5. The Morgan fingerprint density at radius 1 is 0.861 bits per heavy atom. The van der Waals surface area contributed by atoms with Gasteiger partial charge in [0.25, 0.3) is 0 Å². The Hall–Kier alpha value is -1.33. The van der Waals surface area contributed by atoms with Gasteiger partial charge in [-0.05, 0) is 38.5 Å². The first-order chi connectivity index (χ1) is 17.4. The topological polar surface area (TPSA) is 146 Å². The molecule has 1 saturated heterocycles. The molecular formula is C27H48O9. The standard InChI is InChI=1S/C27H48O9/c1-2-3-4-5-6-7-8-9-10-11-12-13-14-15-16-17-23(30)34-19-21(29)20-35-27-26(33)25(32)24(31)22(18-28)36-27/h6-7,9-10,21-22,24-29,31-33H,2-5,8,11-20H2,1H3/t21?,22-,24+,25+,26-,27-/m1/s1. The molecule has 1 rings (SSSR count). The first-order valence-corrected chi connectivity index (χ1v) is 13.5. The summed E-state index contributed by atoms with van der Waals surface area (Å²) in [4.78, 5) is 11.9. The number of aliphatic hydroxyl groups is 5. The van der Waals surface area contributed by atoms with E-state index >= 15 is 0 Å². The Morgan fingerprint density at radius 3 is 2.17 bits per heavy atom. The normalized spacial score (nSPS) is 25.6. The third-order valence-corrected chi connectivity index (χ3v) is 6.07. The third kappa shape index (κ3) is 14.4. The summed E-state index contributed by atoms with van der Waals surface area (Å²) in [5.41, 5.74) is 0. The molecule has 1 fully saturated rings. The number of hydrogen-bond acceptors (Lipinski definition) is 9. The zero-order valence-corrected chi connectivity index (χ0v) is 21.7. The van der Waals surface area contributed by atoms with Crippen molar-refractivity contribution in [2.75, 3.05) is 19.8 Å². The molecule has 1 unspecified atom stereocenters. The lowest BCUT2D eigenvalue weighted by Gasteiger charge is -2.39. The molecule has 0 aromatic heterocycles. The van der Waals surface area contributed by atoms with Crippen molar-refractivity contribution in [3.05, 3.63) is 24.3 Å². The van der Waals surface area contributed by atoms with Gasteiger partial charge in [-0.3, -0.25) is 4.79 Å². The minimum Gasteiger partial charge on any atom is -0.463 e. The number of esters is 1. The van der Waals surface area contributed by atoms with Gasteiger partial charge >= 0.3 is 5.97 Å². The van der Waals surface area contributed by atoms with E-state index in [-0.39, 0.29) is 19.6 Å². The number of ether oxygens (including phenoxy) is 3. The van der Waals surface area contributed by atoms with E-state index in [0.717, 1.165) is 44.9 Å². The molecule has 1 aliphatic rings. The molecule has 0 spiro atoms. The van der Waals surface area contributed by atoms with Crippen LogP contribution in [0.3, 0.4) is 0 Å². The molecule has 0 aromatic rings. The summed E-state index contributed by atoms with van der Waals surface area (Å²) in [6, 6.07) is 0. The zero-order chi connectivity index (χ0) is 26.6. The van der Waals surface area contributed by atoms with Crippen LogP contribution in [0, 0.1) is 0 Å². The summed E-state index contributed by atoms with van der Waals surface area (Å²) >= 11 is 0. The molecule has 0 radical (unpaired) electrons. The molecule has 5 N–H and O–H groups in total. The van der Waals surface area contributed by atoms with Crippen LogP contribution in [0.15, 0.2) is 24.3 Å². The number of carbonyl (C=O) groups excluding carboxylic acids is 1. The van der Waals surface area contributed by atoms with Crippen molar-refractivity contribution in [3.8, 4) is 0 Å². The third-order valence-electron chi connectivity index (χ3n) is 6.07. The van der Waals surface area contributed by atoms with Crippen LogP contribution in [0.5, 0.6) is 0 Å². The van der Waals surface area contributed by atoms with E-state index < -0.39 is 49.4 Å². The second-order valence-corrected chi connectivity index (χ2v) is 9.35. The van der Waals surface area contributed by atoms with E-state index in [1.54, 1.807) is 0 Å². The van der Waals surface area contributed by atoms with Gasteiger partial charge in [-0.2, -0.15) is 0 Å². The number of carbonyl (C=O) groups is 1. The highest BCUT2D eigenvalue weighted by atomic mass is 16.7. The number of unbranched alkanes of at least 4 members (excludes halogenated alkanes) is 8. The average Bonchev–Trinajstić information content (AvgIpc) is 2.88. The summed E-state index contributed by atoms with van der Waals surface area (Å²) in [5.74, 6) is -0.396. The Labute approximate surface area is 215 Å². The predicted octanol–water partition coefficient (Wildman–Crippen LogP) is 2.52. The molecule has 9 nitrogen and oxygen atoms in total. The first kappa shape index (κ1) is 32.7. The van der Waals surface area contributed by atoms with E-state index in [4.69, 9.17) is 19.3 Å². The van der Waals surface area contributed by atoms with Crippen LogP contribution in [0.25, 0.3) is 0 Å². The van der Waals surface area contributed by atoms with Crippen molar-refractivity contribution in [2.45, 2.75) is 121 Å². The minimum absolute atomic E-state index is 0.267. The first-order valence-electron chi connectivity index (χ1n) is 13.5.